The molecule has 98 valence electrons. The largest absolute Gasteiger partial charge is 0.507 e. The van der Waals surface area contributed by atoms with Crippen LogP contribution in [0.15, 0.2) is 40.9 Å². The molecule has 3 nitrogen and oxygen atoms in total. The average Bonchev–Trinajstić information content (AvgIpc) is 2.36. The van der Waals surface area contributed by atoms with Crippen LogP contribution in [0.3, 0.4) is 0 Å². The number of phenolic OH excluding ortho intramolecular Hbond substituents is 1. The number of anilines is 1. The highest BCUT2D eigenvalue weighted by atomic mass is 79.9. The van der Waals surface area contributed by atoms with Gasteiger partial charge in [0.05, 0.1) is 5.56 Å². The summed E-state index contributed by atoms with van der Waals surface area (Å²) in [6, 6.07) is 10.5. The maximum absolute atomic E-state index is 12.1. The van der Waals surface area contributed by atoms with Crippen molar-refractivity contribution >= 4 is 27.5 Å². The summed E-state index contributed by atoms with van der Waals surface area (Å²) < 4.78 is 0.929. The summed E-state index contributed by atoms with van der Waals surface area (Å²) in [6.45, 7) is 3.85. The Morgan fingerprint density at radius 2 is 1.89 bits per heavy atom. The van der Waals surface area contributed by atoms with Crippen molar-refractivity contribution in [2.75, 3.05) is 5.32 Å². The first-order valence-electron chi connectivity index (χ1n) is 5.84. The summed E-state index contributed by atoms with van der Waals surface area (Å²) in [6.07, 6.45) is 0. The number of hydrogen-bond acceptors (Lipinski definition) is 2. The Bertz CT molecular complexity index is 638. The van der Waals surface area contributed by atoms with E-state index in [9.17, 15) is 9.90 Å². The molecule has 0 atom stereocenters. The molecule has 0 unspecified atom stereocenters. The van der Waals surface area contributed by atoms with E-state index in [0.29, 0.717) is 5.69 Å². The molecule has 0 aromatic heterocycles. The molecule has 2 aromatic rings. The highest BCUT2D eigenvalue weighted by molar-refractivity contribution is 9.10. The van der Waals surface area contributed by atoms with Crippen molar-refractivity contribution in [1.82, 2.24) is 0 Å². The maximum Gasteiger partial charge on any atom is 0.259 e. The van der Waals surface area contributed by atoms with Crippen LogP contribution in [0.1, 0.15) is 21.5 Å². The molecule has 0 saturated carbocycles. The van der Waals surface area contributed by atoms with Crippen molar-refractivity contribution in [3.63, 3.8) is 0 Å². The van der Waals surface area contributed by atoms with Crippen LogP contribution < -0.4 is 5.32 Å². The van der Waals surface area contributed by atoms with E-state index in [1.165, 1.54) is 6.07 Å². The number of carbonyl (C=O) groups excluding carboxylic acids is 1. The third-order valence-corrected chi connectivity index (χ3v) is 3.68. The monoisotopic (exact) mass is 319 g/mol. The predicted molar refractivity (Wildman–Crippen MR) is 79.7 cm³/mol. The van der Waals surface area contributed by atoms with E-state index < -0.39 is 0 Å². The Hall–Kier alpha value is -1.81. The molecule has 1 amide bonds. The van der Waals surface area contributed by atoms with E-state index in [-0.39, 0.29) is 17.2 Å². The first-order valence-corrected chi connectivity index (χ1v) is 6.64. The minimum absolute atomic E-state index is 0.0192. The van der Waals surface area contributed by atoms with Crippen molar-refractivity contribution < 1.29 is 9.90 Å². The number of amides is 1. The number of aromatic hydroxyl groups is 1. The summed E-state index contributed by atoms with van der Waals surface area (Å²) >= 11 is 3.42. The van der Waals surface area contributed by atoms with Gasteiger partial charge >= 0.3 is 0 Å². The number of nitrogens with one attached hydrogen (secondary N) is 1. The van der Waals surface area contributed by atoms with Crippen LogP contribution in [0.5, 0.6) is 5.75 Å². The lowest BCUT2D eigenvalue weighted by atomic mass is 10.1. The summed E-state index contributed by atoms with van der Waals surface area (Å²) in [5.41, 5.74) is 2.98. The number of aryl methyl sites for hydroxylation is 2. The van der Waals surface area contributed by atoms with Crippen molar-refractivity contribution in [1.29, 1.82) is 0 Å². The van der Waals surface area contributed by atoms with Crippen molar-refractivity contribution in [3.8, 4) is 5.75 Å². The molecule has 2 rings (SSSR count). The summed E-state index contributed by atoms with van der Waals surface area (Å²) in [4.78, 5) is 12.1. The lowest BCUT2D eigenvalue weighted by Gasteiger charge is -2.09. The molecule has 0 saturated heterocycles. The molecule has 4 heteroatoms. The van der Waals surface area contributed by atoms with Gasteiger partial charge in [0.2, 0.25) is 0 Å². The minimum atomic E-state index is -0.322. The zero-order valence-corrected chi connectivity index (χ0v) is 12.3. The topological polar surface area (TPSA) is 49.3 Å². The van der Waals surface area contributed by atoms with E-state index in [4.69, 9.17) is 0 Å². The molecule has 0 radical (unpaired) electrons. The maximum atomic E-state index is 12.1. The SMILES string of the molecule is Cc1ccc(O)c(C(=O)Nc2ccc(C)c(Br)c2)c1. The number of carbonyl (C=O) groups is 1. The molecule has 2 aromatic carbocycles. The summed E-state index contributed by atoms with van der Waals surface area (Å²) in [7, 11) is 0. The zero-order valence-electron chi connectivity index (χ0n) is 10.7. The molecule has 0 spiro atoms. The van der Waals surface area contributed by atoms with Gasteiger partial charge in [-0.05, 0) is 43.7 Å². The fraction of sp³-hybridized carbons (Fsp3) is 0.133. The second kappa shape index (κ2) is 5.45. The van der Waals surface area contributed by atoms with Crippen LogP contribution >= 0.6 is 15.9 Å². The molecule has 0 heterocycles. The van der Waals surface area contributed by atoms with Crippen LogP contribution in [0, 0.1) is 13.8 Å². The Morgan fingerprint density at radius 3 is 2.58 bits per heavy atom. The molecule has 0 fully saturated rings. The normalized spacial score (nSPS) is 10.3. The van der Waals surface area contributed by atoms with Gasteiger partial charge < -0.3 is 10.4 Å². The fourth-order valence-electron chi connectivity index (χ4n) is 1.70. The van der Waals surface area contributed by atoms with Crippen molar-refractivity contribution in [2.45, 2.75) is 13.8 Å². The van der Waals surface area contributed by atoms with E-state index >= 15 is 0 Å². The van der Waals surface area contributed by atoms with Gasteiger partial charge in [-0.15, -0.1) is 0 Å². The van der Waals surface area contributed by atoms with E-state index in [0.717, 1.165) is 15.6 Å². The Balaban J connectivity index is 2.25. The second-order valence-electron chi connectivity index (χ2n) is 4.44. The lowest BCUT2D eigenvalue weighted by molar-refractivity contribution is 0.102. The smallest absolute Gasteiger partial charge is 0.259 e. The second-order valence-corrected chi connectivity index (χ2v) is 5.29. The predicted octanol–water partition coefficient (Wildman–Crippen LogP) is 4.02. The first kappa shape index (κ1) is 13.6. The average molecular weight is 320 g/mol. The molecule has 0 aliphatic rings. The number of hydrogen-bond donors (Lipinski definition) is 2. The number of benzene rings is 2. The minimum Gasteiger partial charge on any atom is -0.507 e. The quantitative estimate of drug-likeness (QED) is 0.878. The van der Waals surface area contributed by atoms with Gasteiger partial charge in [-0.1, -0.05) is 33.6 Å². The number of halogens is 1. The molecule has 0 bridgehead atoms. The highest BCUT2D eigenvalue weighted by Gasteiger charge is 2.11. The van der Waals surface area contributed by atoms with Crippen LogP contribution in [-0.2, 0) is 0 Å². The third kappa shape index (κ3) is 3.15. The van der Waals surface area contributed by atoms with E-state index in [1.54, 1.807) is 12.1 Å². The van der Waals surface area contributed by atoms with Crippen molar-refractivity contribution in [3.05, 3.63) is 57.6 Å². The Kier molecular flexibility index (Phi) is 3.90. The molecule has 0 aliphatic heterocycles. The van der Waals surface area contributed by atoms with Crippen LogP contribution in [0.25, 0.3) is 0 Å². The van der Waals surface area contributed by atoms with E-state index in [2.05, 4.69) is 21.2 Å². The van der Waals surface area contributed by atoms with Gasteiger partial charge in [0, 0.05) is 10.2 Å². The number of rotatable bonds is 2. The summed E-state index contributed by atoms with van der Waals surface area (Å²) in [5, 5.41) is 12.5. The molecule has 19 heavy (non-hydrogen) atoms. The van der Waals surface area contributed by atoms with Crippen LogP contribution in [0.2, 0.25) is 0 Å². The Labute approximate surface area is 120 Å². The number of phenols is 1. The van der Waals surface area contributed by atoms with Gasteiger partial charge in [-0.3, -0.25) is 4.79 Å². The molecular formula is C15H14BrNO2. The third-order valence-electron chi connectivity index (χ3n) is 2.83. The molecule has 0 aliphatic carbocycles. The van der Waals surface area contributed by atoms with Gasteiger partial charge in [0.25, 0.3) is 5.91 Å². The van der Waals surface area contributed by atoms with E-state index in [1.807, 2.05) is 32.0 Å². The zero-order chi connectivity index (χ0) is 14.0. The van der Waals surface area contributed by atoms with Crippen LogP contribution in [-0.4, -0.2) is 11.0 Å². The lowest BCUT2D eigenvalue weighted by Crippen LogP contribution is -2.12. The molecule has 2 N–H and O–H groups in total. The Morgan fingerprint density at radius 1 is 1.16 bits per heavy atom. The standard InChI is InChI=1S/C15H14BrNO2/c1-9-3-6-14(18)12(7-9)15(19)17-11-5-4-10(2)13(16)8-11/h3-8,18H,1-2H3,(H,17,19). The fourth-order valence-corrected chi connectivity index (χ4v) is 2.08. The summed E-state index contributed by atoms with van der Waals surface area (Å²) in [5.74, 6) is -0.341. The van der Waals surface area contributed by atoms with Crippen LogP contribution in [0.4, 0.5) is 5.69 Å². The van der Waals surface area contributed by atoms with Gasteiger partial charge in [-0.25, -0.2) is 0 Å². The highest BCUT2D eigenvalue weighted by Crippen LogP contribution is 2.23. The first-order chi connectivity index (χ1) is 8.97. The van der Waals surface area contributed by atoms with Gasteiger partial charge in [0.15, 0.2) is 0 Å². The van der Waals surface area contributed by atoms with Gasteiger partial charge in [-0.2, -0.15) is 0 Å². The van der Waals surface area contributed by atoms with Crippen molar-refractivity contribution in [2.24, 2.45) is 0 Å². The molecular weight excluding hydrogens is 306 g/mol. The van der Waals surface area contributed by atoms with Gasteiger partial charge in [0.1, 0.15) is 5.75 Å².